The lowest BCUT2D eigenvalue weighted by atomic mass is 10.1. The van der Waals surface area contributed by atoms with Gasteiger partial charge in [-0.15, -0.1) is 5.10 Å². The van der Waals surface area contributed by atoms with E-state index in [9.17, 15) is 9.90 Å². The van der Waals surface area contributed by atoms with Crippen molar-refractivity contribution in [2.45, 2.75) is 26.3 Å². The maximum absolute atomic E-state index is 12.0. The lowest BCUT2D eigenvalue weighted by Crippen LogP contribution is -2.31. The topological polar surface area (TPSA) is 102 Å². The molecule has 2 aromatic rings. The fourth-order valence-corrected chi connectivity index (χ4v) is 2.37. The summed E-state index contributed by atoms with van der Waals surface area (Å²) in [4.78, 5) is 15.1. The predicted molar refractivity (Wildman–Crippen MR) is 85.0 cm³/mol. The summed E-state index contributed by atoms with van der Waals surface area (Å²) in [7, 11) is 0. The van der Waals surface area contributed by atoms with Gasteiger partial charge in [-0.05, 0) is 37.6 Å². The Morgan fingerprint density at radius 2 is 2.18 bits per heavy atom. The number of carbonyl (C=O) groups excluding carboxylic acids is 1. The summed E-state index contributed by atoms with van der Waals surface area (Å²) in [5.74, 6) is 0.420. The summed E-state index contributed by atoms with van der Waals surface area (Å²) in [5.41, 5.74) is 2.68. The van der Waals surface area contributed by atoms with Crippen molar-refractivity contribution in [2.75, 3.05) is 0 Å². The van der Waals surface area contributed by atoms with Crippen molar-refractivity contribution in [3.63, 3.8) is 0 Å². The van der Waals surface area contributed by atoms with Crippen molar-refractivity contribution < 1.29 is 9.90 Å². The largest absolute Gasteiger partial charge is 0.508 e. The van der Waals surface area contributed by atoms with E-state index in [1.54, 1.807) is 12.1 Å². The number of hydrogen-bond acceptors (Lipinski definition) is 4. The molecular formula is C15H17N5O2. The normalized spacial score (nSPS) is 19.3. The summed E-state index contributed by atoms with van der Waals surface area (Å²) in [6, 6.07) is 4.71. The average Bonchev–Trinajstić information content (AvgIpc) is 3.02. The van der Waals surface area contributed by atoms with Crippen LogP contribution in [0.4, 0.5) is 0 Å². The second-order valence-corrected chi connectivity index (χ2v) is 5.43. The van der Waals surface area contributed by atoms with E-state index in [0.29, 0.717) is 12.4 Å². The van der Waals surface area contributed by atoms with Gasteiger partial charge in [0.05, 0.1) is 0 Å². The highest BCUT2D eigenvalue weighted by Gasteiger charge is 2.29. The molecule has 0 saturated carbocycles. The first-order chi connectivity index (χ1) is 10.5. The minimum absolute atomic E-state index is 0.141. The lowest BCUT2D eigenvalue weighted by molar-refractivity contribution is -0.120. The van der Waals surface area contributed by atoms with Crippen LogP contribution in [0.25, 0.3) is 10.9 Å². The molecule has 22 heavy (non-hydrogen) atoms. The molecule has 3 rings (SSSR count). The van der Waals surface area contributed by atoms with Crippen LogP contribution in [0.1, 0.15) is 19.4 Å². The van der Waals surface area contributed by atoms with Gasteiger partial charge in [0.25, 0.3) is 0 Å². The van der Waals surface area contributed by atoms with Gasteiger partial charge in [0.15, 0.2) is 0 Å². The highest BCUT2D eigenvalue weighted by Crippen LogP contribution is 2.24. The zero-order chi connectivity index (χ0) is 15.7. The van der Waals surface area contributed by atoms with Crippen LogP contribution in [0.5, 0.6) is 5.75 Å². The van der Waals surface area contributed by atoms with Crippen molar-refractivity contribution in [3.8, 4) is 5.75 Å². The quantitative estimate of drug-likeness (QED) is 0.507. The number of hydrogen-bond donors (Lipinski definition) is 4. The van der Waals surface area contributed by atoms with Gasteiger partial charge in [-0.25, -0.2) is 0 Å². The Bertz CT molecular complexity index is 786. The highest BCUT2D eigenvalue weighted by atomic mass is 16.3. The van der Waals surface area contributed by atoms with Crippen LogP contribution in [0.2, 0.25) is 0 Å². The van der Waals surface area contributed by atoms with Crippen LogP contribution in [0.15, 0.2) is 34.6 Å². The van der Waals surface area contributed by atoms with Crippen LogP contribution < -0.4 is 10.6 Å². The third-order valence-corrected chi connectivity index (χ3v) is 3.39. The summed E-state index contributed by atoms with van der Waals surface area (Å²) >= 11 is 0. The third-order valence-electron chi connectivity index (χ3n) is 3.39. The van der Waals surface area contributed by atoms with E-state index in [1.165, 1.54) is 0 Å². The summed E-state index contributed by atoms with van der Waals surface area (Å²) in [6.07, 6.45) is 2.34. The number of aromatic hydroxyl groups is 1. The monoisotopic (exact) mass is 299 g/mol. The molecule has 7 nitrogen and oxygen atoms in total. The molecule has 1 amide bonds. The van der Waals surface area contributed by atoms with Gasteiger partial charge in [-0.3, -0.25) is 10.1 Å². The van der Waals surface area contributed by atoms with Gasteiger partial charge in [-0.1, -0.05) is 0 Å². The van der Waals surface area contributed by atoms with Crippen molar-refractivity contribution >= 4 is 28.5 Å². The standard InChI is InChI=1S/C15H17N5O2/c1-8(2)19-20-15-17-13(14(22)18-15)5-9-7-16-12-4-3-10(21)6-11(9)12/h3-4,6-7,13,16,21H,5H2,1-2H3,(H2,17,18,20,22). The fourth-order valence-electron chi connectivity index (χ4n) is 2.37. The number of nitrogens with zero attached hydrogens (tertiary/aromatic N) is 2. The molecular weight excluding hydrogens is 282 g/mol. The van der Waals surface area contributed by atoms with Crippen molar-refractivity contribution in [1.82, 2.24) is 15.6 Å². The number of benzene rings is 1. The van der Waals surface area contributed by atoms with Crippen LogP contribution in [0, 0.1) is 0 Å². The van der Waals surface area contributed by atoms with E-state index in [4.69, 9.17) is 0 Å². The van der Waals surface area contributed by atoms with Gasteiger partial charge in [0.2, 0.25) is 11.9 Å². The maximum Gasteiger partial charge on any atom is 0.249 e. The molecule has 0 spiro atoms. The number of phenolic OH excluding ortho intramolecular Hbond substituents is 1. The SMILES string of the molecule is CC(C)=N/N=C1\NC(=O)C(Cc2c[nH]c3ccc(O)cc23)N1. The Morgan fingerprint density at radius 3 is 2.95 bits per heavy atom. The van der Waals surface area contributed by atoms with Gasteiger partial charge in [0, 0.05) is 29.2 Å². The fraction of sp³-hybridized carbons (Fsp3) is 0.267. The number of aromatic amines is 1. The molecule has 0 bridgehead atoms. The molecule has 1 aromatic carbocycles. The molecule has 0 radical (unpaired) electrons. The van der Waals surface area contributed by atoms with E-state index in [-0.39, 0.29) is 11.7 Å². The Kier molecular flexibility index (Phi) is 3.54. The first-order valence-electron chi connectivity index (χ1n) is 6.98. The first-order valence-corrected chi connectivity index (χ1v) is 6.98. The van der Waals surface area contributed by atoms with E-state index >= 15 is 0 Å². The van der Waals surface area contributed by atoms with E-state index < -0.39 is 6.04 Å². The maximum atomic E-state index is 12.0. The number of fused-ring (bicyclic) bond motifs is 1. The number of carbonyl (C=O) groups is 1. The molecule has 7 heteroatoms. The number of phenols is 1. The minimum atomic E-state index is -0.410. The summed E-state index contributed by atoms with van der Waals surface area (Å²) < 4.78 is 0. The molecule has 1 aromatic heterocycles. The Balaban J connectivity index is 1.80. The van der Waals surface area contributed by atoms with Crippen LogP contribution in [-0.4, -0.2) is 33.7 Å². The van der Waals surface area contributed by atoms with Crippen molar-refractivity contribution in [1.29, 1.82) is 0 Å². The molecule has 114 valence electrons. The average molecular weight is 299 g/mol. The van der Waals surface area contributed by atoms with Crippen LogP contribution in [0.3, 0.4) is 0 Å². The van der Waals surface area contributed by atoms with Gasteiger partial charge >= 0.3 is 0 Å². The minimum Gasteiger partial charge on any atom is -0.508 e. The van der Waals surface area contributed by atoms with Crippen LogP contribution >= 0.6 is 0 Å². The van der Waals surface area contributed by atoms with E-state index in [0.717, 1.165) is 22.2 Å². The molecule has 1 aliphatic rings. The summed E-state index contributed by atoms with van der Waals surface area (Å²) in [6.45, 7) is 3.66. The van der Waals surface area contributed by atoms with E-state index in [2.05, 4.69) is 25.8 Å². The predicted octanol–water partition coefficient (Wildman–Crippen LogP) is 1.26. The van der Waals surface area contributed by atoms with Crippen molar-refractivity contribution in [2.24, 2.45) is 10.2 Å². The molecule has 0 aliphatic carbocycles. The molecule has 2 heterocycles. The molecule has 1 saturated heterocycles. The Hall–Kier alpha value is -2.83. The second kappa shape index (κ2) is 5.51. The zero-order valence-electron chi connectivity index (χ0n) is 12.3. The molecule has 1 unspecified atom stereocenters. The van der Waals surface area contributed by atoms with Gasteiger partial charge in [0.1, 0.15) is 11.8 Å². The number of nitrogens with one attached hydrogen (secondary N) is 3. The number of amides is 1. The summed E-state index contributed by atoms with van der Waals surface area (Å²) in [5, 5.41) is 24.1. The Labute approximate surface area is 127 Å². The number of aromatic nitrogens is 1. The number of H-pyrrole nitrogens is 1. The molecule has 1 aliphatic heterocycles. The number of guanidine groups is 1. The highest BCUT2D eigenvalue weighted by molar-refractivity contribution is 6.06. The molecule has 1 atom stereocenters. The van der Waals surface area contributed by atoms with Gasteiger partial charge < -0.3 is 15.4 Å². The third kappa shape index (κ3) is 2.78. The smallest absolute Gasteiger partial charge is 0.249 e. The zero-order valence-corrected chi connectivity index (χ0v) is 12.3. The van der Waals surface area contributed by atoms with Crippen LogP contribution in [-0.2, 0) is 11.2 Å². The van der Waals surface area contributed by atoms with Crippen molar-refractivity contribution in [3.05, 3.63) is 30.0 Å². The van der Waals surface area contributed by atoms with Gasteiger partial charge in [-0.2, -0.15) is 5.10 Å². The second-order valence-electron chi connectivity index (χ2n) is 5.43. The molecule has 1 fully saturated rings. The van der Waals surface area contributed by atoms with E-state index in [1.807, 2.05) is 26.1 Å². The Morgan fingerprint density at radius 1 is 1.36 bits per heavy atom. The molecule has 4 N–H and O–H groups in total. The lowest BCUT2D eigenvalue weighted by Gasteiger charge is -2.06. The number of rotatable bonds is 3. The first kappa shape index (κ1) is 14.1.